The van der Waals surface area contributed by atoms with E-state index in [9.17, 15) is 4.53 Å². The van der Waals surface area contributed by atoms with Gasteiger partial charge in [0, 0.05) is 4.53 Å². The molecule has 54 valence electrons. The Kier molecular flexibility index (Phi) is 2.27. The van der Waals surface area contributed by atoms with Crippen LogP contribution < -0.4 is 4.94 Å². The Morgan fingerprint density at radius 1 is 1.50 bits per heavy atom. The predicted molar refractivity (Wildman–Crippen MR) is 40.6 cm³/mol. The molecule has 0 aliphatic heterocycles. The molecule has 0 fully saturated rings. The SMILES string of the molecule is Cc1ccc(OF)c(Br)c1. The van der Waals surface area contributed by atoms with E-state index in [1.54, 1.807) is 18.2 Å². The second-order valence-electron chi connectivity index (χ2n) is 2.01. The third kappa shape index (κ3) is 1.48. The average molecular weight is 205 g/mol. The lowest BCUT2D eigenvalue weighted by molar-refractivity contribution is -0.00715. The molecule has 1 rings (SSSR count). The van der Waals surface area contributed by atoms with Crippen LogP contribution in [0.2, 0.25) is 0 Å². The molecule has 0 aliphatic carbocycles. The molecule has 1 aromatic carbocycles. The van der Waals surface area contributed by atoms with Crippen LogP contribution >= 0.6 is 15.9 Å². The highest BCUT2D eigenvalue weighted by Gasteiger charge is 1.99. The van der Waals surface area contributed by atoms with E-state index in [1.807, 2.05) is 6.92 Å². The van der Waals surface area contributed by atoms with E-state index in [4.69, 9.17) is 0 Å². The summed E-state index contributed by atoms with van der Waals surface area (Å²) in [6.07, 6.45) is 0. The van der Waals surface area contributed by atoms with Crippen molar-refractivity contribution in [1.82, 2.24) is 0 Å². The molecule has 0 atom stereocenters. The minimum absolute atomic E-state index is 0.214. The van der Waals surface area contributed by atoms with E-state index in [0.29, 0.717) is 4.47 Å². The Labute approximate surface area is 66.8 Å². The Balaban J connectivity index is 3.07. The van der Waals surface area contributed by atoms with Gasteiger partial charge in [-0.1, -0.05) is 6.07 Å². The van der Waals surface area contributed by atoms with Crippen LogP contribution in [-0.4, -0.2) is 0 Å². The van der Waals surface area contributed by atoms with Crippen LogP contribution in [0.15, 0.2) is 22.7 Å². The highest BCUT2D eigenvalue weighted by Crippen LogP contribution is 2.25. The van der Waals surface area contributed by atoms with Gasteiger partial charge in [-0.25, -0.2) is 0 Å². The van der Waals surface area contributed by atoms with Crippen LogP contribution in [0.25, 0.3) is 0 Å². The number of benzene rings is 1. The smallest absolute Gasteiger partial charge is 0.186 e. The number of aryl methyl sites for hydroxylation is 1. The predicted octanol–water partition coefficient (Wildman–Crippen LogP) is 3.02. The summed E-state index contributed by atoms with van der Waals surface area (Å²) < 4.78 is 12.2. The summed E-state index contributed by atoms with van der Waals surface area (Å²) in [5.41, 5.74) is 1.06. The van der Waals surface area contributed by atoms with Crippen LogP contribution in [0.4, 0.5) is 4.53 Å². The first-order valence-electron chi connectivity index (χ1n) is 2.79. The van der Waals surface area contributed by atoms with Gasteiger partial charge in [0.2, 0.25) is 0 Å². The molecule has 1 aromatic rings. The lowest BCUT2D eigenvalue weighted by atomic mass is 10.2. The fraction of sp³-hybridized carbons (Fsp3) is 0.143. The van der Waals surface area contributed by atoms with Crippen molar-refractivity contribution in [1.29, 1.82) is 0 Å². The maximum atomic E-state index is 11.6. The van der Waals surface area contributed by atoms with Crippen molar-refractivity contribution < 1.29 is 9.47 Å². The van der Waals surface area contributed by atoms with Gasteiger partial charge in [-0.05, 0) is 40.5 Å². The van der Waals surface area contributed by atoms with Crippen LogP contribution in [0.3, 0.4) is 0 Å². The summed E-state index contributed by atoms with van der Waals surface area (Å²) in [4.78, 5) is 3.55. The van der Waals surface area contributed by atoms with Crippen LogP contribution in [-0.2, 0) is 0 Å². The molecule has 0 saturated heterocycles. The summed E-state index contributed by atoms with van der Waals surface area (Å²) in [6.45, 7) is 1.92. The molecule has 0 saturated carbocycles. The topological polar surface area (TPSA) is 9.23 Å². The zero-order chi connectivity index (χ0) is 7.56. The monoisotopic (exact) mass is 204 g/mol. The van der Waals surface area contributed by atoms with E-state index in [-0.39, 0.29) is 5.75 Å². The number of hydrogen-bond acceptors (Lipinski definition) is 1. The third-order valence-electron chi connectivity index (χ3n) is 1.17. The largest absolute Gasteiger partial charge is 0.293 e. The minimum atomic E-state index is 0.214. The van der Waals surface area contributed by atoms with Crippen molar-refractivity contribution in [3.63, 3.8) is 0 Å². The van der Waals surface area contributed by atoms with E-state index in [2.05, 4.69) is 20.9 Å². The molecule has 0 spiro atoms. The lowest BCUT2D eigenvalue weighted by Crippen LogP contribution is -1.79. The van der Waals surface area contributed by atoms with Gasteiger partial charge in [0.15, 0.2) is 5.75 Å². The van der Waals surface area contributed by atoms with Gasteiger partial charge >= 0.3 is 0 Å². The molecule has 0 aliphatic rings. The fourth-order valence-corrected chi connectivity index (χ4v) is 1.22. The summed E-state index contributed by atoms with van der Waals surface area (Å²) in [6, 6.07) is 5.13. The molecule has 0 N–H and O–H groups in total. The summed E-state index contributed by atoms with van der Waals surface area (Å²) in [5.74, 6) is 0.214. The molecular weight excluding hydrogens is 199 g/mol. The van der Waals surface area contributed by atoms with Gasteiger partial charge in [0.25, 0.3) is 0 Å². The van der Waals surface area contributed by atoms with Gasteiger partial charge in [-0.2, -0.15) is 0 Å². The van der Waals surface area contributed by atoms with Gasteiger partial charge in [-0.3, -0.25) is 4.94 Å². The van der Waals surface area contributed by atoms with Crippen LogP contribution in [0, 0.1) is 6.92 Å². The Morgan fingerprint density at radius 2 is 2.20 bits per heavy atom. The first-order chi connectivity index (χ1) is 4.74. The Hall–Kier alpha value is -0.570. The lowest BCUT2D eigenvalue weighted by Gasteiger charge is -1.97. The number of rotatable bonds is 1. The summed E-state index contributed by atoms with van der Waals surface area (Å²) in [7, 11) is 0. The minimum Gasteiger partial charge on any atom is -0.293 e. The van der Waals surface area contributed by atoms with E-state index in [1.165, 1.54) is 0 Å². The summed E-state index contributed by atoms with van der Waals surface area (Å²) in [5, 5.41) is 0. The molecule has 1 nitrogen and oxygen atoms in total. The Bertz CT molecular complexity index is 237. The Morgan fingerprint density at radius 3 is 2.70 bits per heavy atom. The zero-order valence-corrected chi connectivity index (χ0v) is 6.98. The molecule has 3 heteroatoms. The second-order valence-corrected chi connectivity index (χ2v) is 2.87. The highest BCUT2D eigenvalue weighted by molar-refractivity contribution is 9.10. The molecular formula is C7H6BrFO. The number of halogens is 2. The van der Waals surface area contributed by atoms with E-state index >= 15 is 0 Å². The average Bonchev–Trinajstić information content (AvgIpc) is 1.88. The van der Waals surface area contributed by atoms with Gasteiger partial charge in [0.05, 0.1) is 4.47 Å². The van der Waals surface area contributed by atoms with Gasteiger partial charge in [0.1, 0.15) is 0 Å². The standard InChI is InChI=1S/C7H6BrFO/c1-5-2-3-7(10-9)6(8)4-5/h2-4H,1H3. The maximum absolute atomic E-state index is 11.6. The molecule has 0 heterocycles. The van der Waals surface area contributed by atoms with E-state index < -0.39 is 0 Å². The number of hydrogen-bond donors (Lipinski definition) is 0. The van der Waals surface area contributed by atoms with Crippen molar-refractivity contribution in [2.75, 3.05) is 0 Å². The fourth-order valence-electron chi connectivity index (χ4n) is 0.668. The molecule has 0 bridgehead atoms. The molecule has 10 heavy (non-hydrogen) atoms. The second kappa shape index (κ2) is 3.01. The van der Waals surface area contributed by atoms with Crippen molar-refractivity contribution >= 4 is 15.9 Å². The first-order valence-corrected chi connectivity index (χ1v) is 3.58. The van der Waals surface area contributed by atoms with Crippen LogP contribution in [0.1, 0.15) is 5.56 Å². The summed E-state index contributed by atoms with van der Waals surface area (Å²) >= 11 is 3.14. The van der Waals surface area contributed by atoms with Gasteiger partial charge in [-0.15, -0.1) is 0 Å². The van der Waals surface area contributed by atoms with Crippen molar-refractivity contribution in [3.8, 4) is 5.75 Å². The van der Waals surface area contributed by atoms with Crippen LogP contribution in [0.5, 0.6) is 5.75 Å². The maximum Gasteiger partial charge on any atom is 0.186 e. The van der Waals surface area contributed by atoms with Crippen molar-refractivity contribution in [2.24, 2.45) is 0 Å². The molecule has 0 radical (unpaired) electrons. The molecule has 0 unspecified atom stereocenters. The van der Waals surface area contributed by atoms with Crippen molar-refractivity contribution in [3.05, 3.63) is 28.2 Å². The van der Waals surface area contributed by atoms with Gasteiger partial charge < -0.3 is 0 Å². The zero-order valence-electron chi connectivity index (χ0n) is 5.40. The van der Waals surface area contributed by atoms with E-state index in [0.717, 1.165) is 5.56 Å². The highest BCUT2D eigenvalue weighted by atomic mass is 79.9. The normalized spacial score (nSPS) is 9.50. The van der Waals surface area contributed by atoms with Crippen molar-refractivity contribution in [2.45, 2.75) is 6.92 Å². The third-order valence-corrected chi connectivity index (χ3v) is 1.79. The first kappa shape index (κ1) is 7.54. The molecule has 0 aromatic heterocycles. The molecule has 0 amide bonds. The quantitative estimate of drug-likeness (QED) is 0.684.